The van der Waals surface area contributed by atoms with Gasteiger partial charge in [0.2, 0.25) is 5.91 Å². The second-order valence-corrected chi connectivity index (χ2v) is 8.87. The summed E-state index contributed by atoms with van der Waals surface area (Å²) in [5.74, 6) is 0.944. The van der Waals surface area contributed by atoms with Crippen LogP contribution in [0.5, 0.6) is 5.75 Å². The molecule has 34 heavy (non-hydrogen) atoms. The molecule has 1 heterocycles. The molecule has 1 aliphatic heterocycles. The Morgan fingerprint density at radius 2 is 1.88 bits per heavy atom. The van der Waals surface area contributed by atoms with Crippen molar-refractivity contribution in [2.45, 2.75) is 51.2 Å². The van der Waals surface area contributed by atoms with E-state index in [2.05, 4.69) is 17.4 Å². The summed E-state index contributed by atoms with van der Waals surface area (Å²) < 4.78 is 17.0. The van der Waals surface area contributed by atoms with Gasteiger partial charge in [-0.25, -0.2) is 4.79 Å². The second-order valence-electron chi connectivity index (χ2n) is 8.87. The SMILES string of the molecule is O=C(NCCCC(=O)N1CCO[C@@H](COc2ccc3c(c2)CCCC3)C1)OCc1ccccc1. The fourth-order valence-electron chi connectivity index (χ4n) is 4.40. The number of hydrogen-bond acceptors (Lipinski definition) is 5. The number of benzene rings is 2. The number of fused-ring (bicyclic) bond motifs is 1. The molecule has 0 saturated carbocycles. The summed E-state index contributed by atoms with van der Waals surface area (Å²) in [5.41, 5.74) is 3.76. The van der Waals surface area contributed by atoms with E-state index in [0.29, 0.717) is 45.7 Å². The van der Waals surface area contributed by atoms with Gasteiger partial charge < -0.3 is 24.4 Å². The van der Waals surface area contributed by atoms with Gasteiger partial charge >= 0.3 is 6.09 Å². The Morgan fingerprint density at radius 3 is 2.74 bits per heavy atom. The molecular weight excluding hydrogens is 432 g/mol. The average Bonchev–Trinajstić information content (AvgIpc) is 2.89. The molecule has 1 saturated heterocycles. The van der Waals surface area contributed by atoms with E-state index in [1.807, 2.05) is 41.3 Å². The number of hydrogen-bond donors (Lipinski definition) is 1. The number of ether oxygens (including phenoxy) is 3. The van der Waals surface area contributed by atoms with E-state index >= 15 is 0 Å². The van der Waals surface area contributed by atoms with Gasteiger partial charge in [-0.2, -0.15) is 0 Å². The van der Waals surface area contributed by atoms with Gasteiger partial charge in [0, 0.05) is 19.5 Å². The number of nitrogens with zero attached hydrogens (tertiary/aromatic N) is 1. The van der Waals surface area contributed by atoms with E-state index in [1.54, 1.807) is 0 Å². The lowest BCUT2D eigenvalue weighted by molar-refractivity contribution is -0.140. The van der Waals surface area contributed by atoms with E-state index in [-0.39, 0.29) is 18.6 Å². The minimum atomic E-state index is -0.470. The van der Waals surface area contributed by atoms with Crippen LogP contribution in [0, 0.1) is 0 Å². The van der Waals surface area contributed by atoms with Gasteiger partial charge in [-0.05, 0) is 60.9 Å². The van der Waals surface area contributed by atoms with Crippen molar-refractivity contribution in [3.8, 4) is 5.75 Å². The molecule has 7 heteroatoms. The maximum absolute atomic E-state index is 12.6. The molecule has 1 fully saturated rings. The first-order chi connectivity index (χ1) is 16.7. The minimum Gasteiger partial charge on any atom is -0.491 e. The molecule has 0 aromatic heterocycles. The van der Waals surface area contributed by atoms with Gasteiger partial charge in [0.1, 0.15) is 25.1 Å². The number of rotatable bonds is 9. The van der Waals surface area contributed by atoms with Crippen molar-refractivity contribution in [2.75, 3.05) is 32.8 Å². The Labute approximate surface area is 201 Å². The zero-order chi connectivity index (χ0) is 23.6. The van der Waals surface area contributed by atoms with Gasteiger partial charge in [-0.1, -0.05) is 36.4 Å². The third kappa shape index (κ3) is 7.22. The molecular formula is C27H34N2O5. The van der Waals surface area contributed by atoms with Crippen LogP contribution in [0.15, 0.2) is 48.5 Å². The van der Waals surface area contributed by atoms with Crippen molar-refractivity contribution in [2.24, 2.45) is 0 Å². The summed E-state index contributed by atoms with van der Waals surface area (Å²) in [5, 5.41) is 2.70. The normalized spacial score (nSPS) is 17.5. The van der Waals surface area contributed by atoms with Crippen molar-refractivity contribution >= 4 is 12.0 Å². The first kappa shape index (κ1) is 24.1. The molecule has 0 unspecified atom stereocenters. The maximum atomic E-state index is 12.6. The van der Waals surface area contributed by atoms with E-state index in [4.69, 9.17) is 14.2 Å². The van der Waals surface area contributed by atoms with Crippen LogP contribution in [0.2, 0.25) is 0 Å². The molecule has 2 aromatic carbocycles. The van der Waals surface area contributed by atoms with E-state index < -0.39 is 6.09 Å². The Balaban J connectivity index is 1.12. The smallest absolute Gasteiger partial charge is 0.407 e. The number of amides is 2. The highest BCUT2D eigenvalue weighted by Gasteiger charge is 2.24. The monoisotopic (exact) mass is 466 g/mol. The van der Waals surface area contributed by atoms with E-state index in [9.17, 15) is 9.59 Å². The summed E-state index contributed by atoms with van der Waals surface area (Å²) in [6.07, 6.45) is 5.11. The molecule has 0 spiro atoms. The summed E-state index contributed by atoms with van der Waals surface area (Å²) in [6, 6.07) is 15.9. The van der Waals surface area contributed by atoms with Crippen molar-refractivity contribution in [1.82, 2.24) is 10.2 Å². The zero-order valence-corrected chi connectivity index (χ0v) is 19.7. The minimum absolute atomic E-state index is 0.0709. The van der Waals surface area contributed by atoms with Crippen LogP contribution in [-0.2, 0) is 33.7 Å². The van der Waals surface area contributed by atoms with Crippen molar-refractivity contribution in [3.05, 3.63) is 65.2 Å². The molecule has 1 N–H and O–H groups in total. The lowest BCUT2D eigenvalue weighted by atomic mass is 9.92. The highest BCUT2D eigenvalue weighted by Crippen LogP contribution is 2.25. The lowest BCUT2D eigenvalue weighted by Gasteiger charge is -2.33. The number of alkyl carbamates (subject to hydrolysis) is 1. The van der Waals surface area contributed by atoms with Crippen LogP contribution in [0.25, 0.3) is 0 Å². The topological polar surface area (TPSA) is 77.1 Å². The Hall–Kier alpha value is -3.06. The molecule has 7 nitrogen and oxygen atoms in total. The fourth-order valence-corrected chi connectivity index (χ4v) is 4.40. The summed E-state index contributed by atoms with van der Waals surface area (Å²) in [6.45, 7) is 2.67. The van der Waals surface area contributed by atoms with Gasteiger partial charge in [-0.15, -0.1) is 0 Å². The average molecular weight is 467 g/mol. The van der Waals surface area contributed by atoms with Gasteiger partial charge in [0.25, 0.3) is 0 Å². The summed E-state index contributed by atoms with van der Waals surface area (Å²) in [7, 11) is 0. The fraction of sp³-hybridized carbons (Fsp3) is 0.481. The number of aryl methyl sites for hydroxylation is 2. The molecule has 1 aliphatic carbocycles. The standard InChI is InChI=1S/C27H34N2O5/c30-26(11-6-14-28-27(31)34-19-21-7-2-1-3-8-21)29-15-16-32-25(18-29)20-33-24-13-12-22-9-4-5-10-23(22)17-24/h1-3,7-8,12-13,17,25H,4-6,9-11,14-16,18-20H2,(H,28,31)/t25-/m1/s1. The molecule has 0 radical (unpaired) electrons. The first-order valence-corrected chi connectivity index (χ1v) is 12.3. The third-order valence-corrected chi connectivity index (χ3v) is 6.30. The summed E-state index contributed by atoms with van der Waals surface area (Å²) in [4.78, 5) is 26.3. The van der Waals surface area contributed by atoms with Gasteiger partial charge in [-0.3, -0.25) is 4.79 Å². The number of morpholine rings is 1. The largest absolute Gasteiger partial charge is 0.491 e. The van der Waals surface area contributed by atoms with Crippen LogP contribution in [0.1, 0.15) is 42.4 Å². The zero-order valence-electron chi connectivity index (χ0n) is 19.7. The lowest BCUT2D eigenvalue weighted by Crippen LogP contribution is -2.47. The van der Waals surface area contributed by atoms with Crippen LogP contribution in [-0.4, -0.2) is 55.9 Å². The number of carbonyl (C=O) groups is 2. The maximum Gasteiger partial charge on any atom is 0.407 e. The van der Waals surface area contributed by atoms with Crippen LogP contribution in [0.3, 0.4) is 0 Å². The predicted octanol–water partition coefficient (Wildman–Crippen LogP) is 3.88. The van der Waals surface area contributed by atoms with Crippen LogP contribution in [0.4, 0.5) is 4.79 Å². The van der Waals surface area contributed by atoms with Gasteiger partial charge in [0.05, 0.1) is 13.2 Å². The Kier molecular flexibility index (Phi) is 8.79. The van der Waals surface area contributed by atoms with Gasteiger partial charge in [0.15, 0.2) is 0 Å². The molecule has 4 rings (SSSR count). The van der Waals surface area contributed by atoms with E-state index in [1.165, 1.54) is 24.0 Å². The van der Waals surface area contributed by atoms with Crippen molar-refractivity contribution in [1.29, 1.82) is 0 Å². The second kappa shape index (κ2) is 12.4. The van der Waals surface area contributed by atoms with Crippen molar-refractivity contribution < 1.29 is 23.8 Å². The molecule has 2 aromatic rings. The number of nitrogens with one attached hydrogen (secondary N) is 1. The Morgan fingerprint density at radius 1 is 1.06 bits per heavy atom. The molecule has 2 amide bonds. The third-order valence-electron chi connectivity index (χ3n) is 6.30. The quantitative estimate of drug-likeness (QED) is 0.568. The molecule has 2 aliphatic rings. The highest BCUT2D eigenvalue weighted by atomic mass is 16.5. The highest BCUT2D eigenvalue weighted by molar-refractivity contribution is 5.76. The van der Waals surface area contributed by atoms with Crippen molar-refractivity contribution in [3.63, 3.8) is 0 Å². The molecule has 0 bridgehead atoms. The first-order valence-electron chi connectivity index (χ1n) is 12.3. The van der Waals surface area contributed by atoms with E-state index in [0.717, 1.165) is 24.2 Å². The Bertz CT molecular complexity index is 949. The molecule has 182 valence electrons. The van der Waals surface area contributed by atoms with Crippen LogP contribution < -0.4 is 10.1 Å². The predicted molar refractivity (Wildman–Crippen MR) is 129 cm³/mol. The summed E-state index contributed by atoms with van der Waals surface area (Å²) >= 11 is 0. The molecule has 1 atom stereocenters. The van der Waals surface area contributed by atoms with Crippen LogP contribution >= 0.6 is 0 Å². The number of carbonyl (C=O) groups excluding carboxylic acids is 2.